The molecule has 1 fully saturated rings. The highest BCUT2D eigenvalue weighted by Crippen LogP contribution is 2.22. The van der Waals surface area contributed by atoms with E-state index < -0.39 is 10.0 Å². The first-order valence-electron chi connectivity index (χ1n) is 9.39. The molecule has 5 nitrogen and oxygen atoms in total. The summed E-state index contributed by atoms with van der Waals surface area (Å²) >= 11 is 1.61. The van der Waals surface area contributed by atoms with Gasteiger partial charge in [-0.25, -0.2) is 8.42 Å². The molecule has 0 radical (unpaired) electrons. The molecule has 0 aromatic heterocycles. The van der Waals surface area contributed by atoms with E-state index in [0.29, 0.717) is 31.1 Å². The van der Waals surface area contributed by atoms with Crippen molar-refractivity contribution in [1.29, 1.82) is 0 Å². The molecule has 1 aliphatic rings. The minimum atomic E-state index is -3.50. The van der Waals surface area contributed by atoms with Crippen molar-refractivity contribution in [1.82, 2.24) is 9.21 Å². The van der Waals surface area contributed by atoms with Crippen molar-refractivity contribution in [2.45, 2.75) is 29.7 Å². The largest absolute Gasteiger partial charge is 0.339 e. The molecule has 2 aromatic rings. The van der Waals surface area contributed by atoms with Crippen LogP contribution in [0.4, 0.5) is 0 Å². The number of carbonyl (C=O) groups excluding carboxylic acids is 1. The van der Waals surface area contributed by atoms with Crippen LogP contribution < -0.4 is 0 Å². The summed E-state index contributed by atoms with van der Waals surface area (Å²) in [5, 5.41) is -0.152. The van der Waals surface area contributed by atoms with Gasteiger partial charge in [0.1, 0.15) is 0 Å². The monoisotopic (exact) mass is 418 g/mol. The predicted octanol–water partition coefficient (Wildman–Crippen LogP) is 3.15. The Kier molecular flexibility index (Phi) is 6.80. The highest BCUT2D eigenvalue weighted by Gasteiger charge is 2.31. The van der Waals surface area contributed by atoms with Gasteiger partial charge in [0, 0.05) is 31.9 Å². The zero-order chi connectivity index (χ0) is 20.1. The van der Waals surface area contributed by atoms with Crippen LogP contribution >= 0.6 is 11.8 Å². The van der Waals surface area contributed by atoms with Gasteiger partial charge in [-0.3, -0.25) is 4.79 Å². The molecule has 2 aromatic carbocycles. The molecule has 7 heteroatoms. The predicted molar refractivity (Wildman–Crippen MR) is 114 cm³/mol. The smallest absolute Gasteiger partial charge is 0.243 e. The van der Waals surface area contributed by atoms with Gasteiger partial charge in [-0.15, -0.1) is 11.8 Å². The fourth-order valence-corrected chi connectivity index (χ4v) is 5.48. The fraction of sp³-hybridized carbons (Fsp3) is 0.381. The highest BCUT2D eigenvalue weighted by atomic mass is 32.2. The Morgan fingerprint density at radius 2 is 1.61 bits per heavy atom. The molecule has 3 rings (SSSR count). The summed E-state index contributed by atoms with van der Waals surface area (Å²) in [5.74, 6) is 0.864. The topological polar surface area (TPSA) is 57.7 Å². The second-order valence-electron chi connectivity index (χ2n) is 6.98. The molecule has 1 amide bonds. The second-order valence-corrected chi connectivity index (χ2v) is 10.2. The first kappa shape index (κ1) is 20.9. The number of aryl methyl sites for hydroxylation is 1. The van der Waals surface area contributed by atoms with Gasteiger partial charge in [-0.1, -0.05) is 48.0 Å². The summed E-state index contributed by atoms with van der Waals surface area (Å²) in [7, 11) is -3.50. The summed E-state index contributed by atoms with van der Waals surface area (Å²) < 4.78 is 27.0. The number of piperazine rings is 1. The molecular formula is C21H26N2O3S2. The second kappa shape index (κ2) is 9.11. The minimum Gasteiger partial charge on any atom is -0.339 e. The molecular weight excluding hydrogens is 392 g/mol. The van der Waals surface area contributed by atoms with Crippen LogP contribution in [0.15, 0.2) is 59.5 Å². The van der Waals surface area contributed by atoms with Gasteiger partial charge < -0.3 is 4.90 Å². The van der Waals surface area contributed by atoms with Crippen molar-refractivity contribution in [2.75, 3.05) is 26.2 Å². The van der Waals surface area contributed by atoms with Crippen molar-refractivity contribution in [3.8, 4) is 0 Å². The van der Waals surface area contributed by atoms with E-state index in [-0.39, 0.29) is 11.2 Å². The maximum absolute atomic E-state index is 12.8. The molecule has 0 unspecified atom stereocenters. The minimum absolute atomic E-state index is 0.0771. The van der Waals surface area contributed by atoms with Crippen LogP contribution in [-0.2, 0) is 20.6 Å². The summed E-state index contributed by atoms with van der Waals surface area (Å²) in [5.41, 5.74) is 2.22. The van der Waals surface area contributed by atoms with E-state index in [1.165, 1.54) is 9.87 Å². The van der Waals surface area contributed by atoms with E-state index in [1.54, 1.807) is 40.9 Å². The Morgan fingerprint density at radius 1 is 1.00 bits per heavy atom. The highest BCUT2D eigenvalue weighted by molar-refractivity contribution is 7.99. The zero-order valence-corrected chi connectivity index (χ0v) is 17.9. The Bertz CT molecular complexity index is 891. The molecule has 0 bridgehead atoms. The van der Waals surface area contributed by atoms with Crippen LogP contribution in [0.5, 0.6) is 0 Å². The number of nitrogens with zero attached hydrogens (tertiary/aromatic N) is 2. The average molecular weight is 419 g/mol. The normalized spacial score (nSPS) is 16.7. The van der Waals surface area contributed by atoms with Gasteiger partial charge in [0.2, 0.25) is 15.9 Å². The third-order valence-corrected chi connectivity index (χ3v) is 8.01. The maximum Gasteiger partial charge on any atom is 0.243 e. The average Bonchev–Trinajstić information content (AvgIpc) is 2.72. The molecule has 0 N–H and O–H groups in total. The molecule has 1 atom stereocenters. The lowest BCUT2D eigenvalue weighted by Crippen LogP contribution is -2.52. The van der Waals surface area contributed by atoms with Crippen LogP contribution in [0.25, 0.3) is 0 Å². The molecule has 1 aliphatic heterocycles. The summed E-state index contributed by atoms with van der Waals surface area (Å²) in [6.45, 7) is 5.37. The maximum atomic E-state index is 12.8. The van der Waals surface area contributed by atoms with Gasteiger partial charge in [0.05, 0.1) is 10.1 Å². The van der Waals surface area contributed by atoms with Gasteiger partial charge in [-0.05, 0) is 31.5 Å². The third kappa shape index (κ3) is 4.96. The number of rotatable bonds is 6. The van der Waals surface area contributed by atoms with Gasteiger partial charge >= 0.3 is 0 Å². The Balaban J connectivity index is 1.54. The van der Waals surface area contributed by atoms with Crippen molar-refractivity contribution < 1.29 is 13.2 Å². The van der Waals surface area contributed by atoms with Crippen LogP contribution in [0.3, 0.4) is 0 Å². The van der Waals surface area contributed by atoms with E-state index in [0.717, 1.165) is 11.3 Å². The molecule has 0 aliphatic carbocycles. The molecule has 0 saturated carbocycles. The first-order chi connectivity index (χ1) is 13.4. The Morgan fingerprint density at radius 3 is 2.21 bits per heavy atom. The third-order valence-electron chi connectivity index (χ3n) is 4.90. The van der Waals surface area contributed by atoms with Gasteiger partial charge in [0.25, 0.3) is 0 Å². The van der Waals surface area contributed by atoms with E-state index in [4.69, 9.17) is 0 Å². The number of sulfonamides is 1. The van der Waals surface area contributed by atoms with Gasteiger partial charge in [-0.2, -0.15) is 4.31 Å². The standard InChI is InChI=1S/C21H26N2O3S2/c1-17-8-10-20(11-9-17)28(25,26)23-14-12-22(13-15-23)21(24)18(2)27-16-19-6-4-3-5-7-19/h3-11,18H,12-16H2,1-2H3/t18-/m0/s1. The molecule has 0 spiro atoms. The van der Waals surface area contributed by atoms with Crippen molar-refractivity contribution in [3.05, 3.63) is 65.7 Å². The molecule has 1 heterocycles. The number of hydrogen-bond acceptors (Lipinski definition) is 4. The molecule has 1 saturated heterocycles. The Labute approximate surface area is 171 Å². The van der Waals surface area contributed by atoms with Crippen LogP contribution in [0, 0.1) is 6.92 Å². The number of amides is 1. The summed E-state index contributed by atoms with van der Waals surface area (Å²) in [6.07, 6.45) is 0. The number of carbonyl (C=O) groups is 1. The lowest BCUT2D eigenvalue weighted by atomic mass is 10.2. The van der Waals surface area contributed by atoms with E-state index >= 15 is 0 Å². The van der Waals surface area contributed by atoms with E-state index in [1.807, 2.05) is 32.0 Å². The summed E-state index contributed by atoms with van der Waals surface area (Å²) in [4.78, 5) is 14.8. The van der Waals surface area contributed by atoms with Crippen molar-refractivity contribution in [2.24, 2.45) is 0 Å². The van der Waals surface area contributed by atoms with Crippen LogP contribution in [0.1, 0.15) is 18.1 Å². The first-order valence-corrected chi connectivity index (χ1v) is 11.9. The number of thioether (sulfide) groups is 1. The van der Waals surface area contributed by atoms with Gasteiger partial charge in [0.15, 0.2) is 0 Å². The zero-order valence-electron chi connectivity index (χ0n) is 16.2. The van der Waals surface area contributed by atoms with Crippen LogP contribution in [-0.4, -0.2) is 55.0 Å². The molecule has 28 heavy (non-hydrogen) atoms. The lowest BCUT2D eigenvalue weighted by Gasteiger charge is -2.35. The Hall–Kier alpha value is -1.83. The van der Waals surface area contributed by atoms with Crippen LogP contribution in [0.2, 0.25) is 0 Å². The molecule has 150 valence electrons. The van der Waals surface area contributed by atoms with Crippen molar-refractivity contribution >= 4 is 27.7 Å². The fourth-order valence-electron chi connectivity index (χ4n) is 3.13. The lowest BCUT2D eigenvalue weighted by molar-refractivity contribution is -0.131. The number of benzene rings is 2. The number of hydrogen-bond donors (Lipinski definition) is 0. The van der Waals surface area contributed by atoms with Crippen molar-refractivity contribution in [3.63, 3.8) is 0 Å². The summed E-state index contributed by atoms with van der Waals surface area (Å²) in [6, 6.07) is 17.0. The van der Waals surface area contributed by atoms with E-state index in [2.05, 4.69) is 12.1 Å². The SMILES string of the molecule is Cc1ccc(S(=O)(=O)N2CCN(C(=O)[C@H](C)SCc3ccccc3)CC2)cc1. The quantitative estimate of drug-likeness (QED) is 0.723. The van der Waals surface area contributed by atoms with E-state index in [9.17, 15) is 13.2 Å².